The maximum atomic E-state index is 12.2. The van der Waals surface area contributed by atoms with Crippen molar-refractivity contribution in [2.45, 2.75) is 25.8 Å². The number of rotatable bonds is 5. The summed E-state index contributed by atoms with van der Waals surface area (Å²) < 4.78 is 0. The van der Waals surface area contributed by atoms with E-state index >= 15 is 0 Å². The third-order valence-corrected chi connectivity index (χ3v) is 3.33. The highest BCUT2D eigenvalue weighted by Gasteiger charge is 2.23. The van der Waals surface area contributed by atoms with Crippen molar-refractivity contribution in [2.24, 2.45) is 0 Å². The molecule has 0 saturated heterocycles. The second-order valence-electron chi connectivity index (χ2n) is 4.82. The first-order chi connectivity index (χ1) is 9.74. The highest BCUT2D eigenvalue weighted by atomic mass is 16.2. The average molecular weight is 268 g/mol. The van der Waals surface area contributed by atoms with E-state index in [-0.39, 0.29) is 11.9 Å². The smallest absolute Gasteiger partial charge is 0.223 e. The number of carbonyl (C=O) groups is 1. The molecule has 1 atom stereocenters. The van der Waals surface area contributed by atoms with E-state index in [0.29, 0.717) is 6.42 Å². The van der Waals surface area contributed by atoms with Crippen LogP contribution in [-0.4, -0.2) is 22.8 Å². The Morgan fingerprint density at radius 2 is 1.85 bits per heavy atom. The van der Waals surface area contributed by atoms with Gasteiger partial charge in [0.1, 0.15) is 0 Å². The molecule has 0 aliphatic heterocycles. The van der Waals surface area contributed by atoms with Gasteiger partial charge in [0.2, 0.25) is 5.91 Å². The standard InChI is InChI=1S/C17H20N2O/c1-3-9-16(20)19(2)17(14-10-5-4-6-11-14)15-12-7-8-13-18-15/h4-8,10-13,17H,3,9H2,1-2H3. The van der Waals surface area contributed by atoms with Gasteiger partial charge in [-0.2, -0.15) is 0 Å². The molecular weight excluding hydrogens is 248 g/mol. The predicted octanol–water partition coefficient (Wildman–Crippen LogP) is 3.43. The number of hydrogen-bond acceptors (Lipinski definition) is 2. The molecule has 2 rings (SSSR count). The van der Waals surface area contributed by atoms with Crippen LogP contribution >= 0.6 is 0 Å². The summed E-state index contributed by atoms with van der Waals surface area (Å²) in [5, 5.41) is 0. The van der Waals surface area contributed by atoms with Crippen molar-refractivity contribution in [3.8, 4) is 0 Å². The molecule has 0 N–H and O–H groups in total. The number of aromatic nitrogens is 1. The molecular formula is C17H20N2O. The first-order valence-corrected chi connectivity index (χ1v) is 6.95. The van der Waals surface area contributed by atoms with Gasteiger partial charge in [-0.3, -0.25) is 9.78 Å². The Morgan fingerprint density at radius 1 is 1.15 bits per heavy atom. The number of nitrogens with zero attached hydrogens (tertiary/aromatic N) is 2. The van der Waals surface area contributed by atoms with Crippen LogP contribution in [0.1, 0.15) is 37.1 Å². The molecule has 0 saturated carbocycles. The predicted molar refractivity (Wildman–Crippen MR) is 80.2 cm³/mol. The lowest BCUT2D eigenvalue weighted by atomic mass is 10.0. The molecule has 0 bridgehead atoms. The molecule has 0 aliphatic rings. The molecule has 0 radical (unpaired) electrons. The minimum atomic E-state index is -0.128. The number of hydrogen-bond donors (Lipinski definition) is 0. The summed E-state index contributed by atoms with van der Waals surface area (Å²) in [7, 11) is 1.85. The van der Waals surface area contributed by atoms with Crippen molar-refractivity contribution in [1.82, 2.24) is 9.88 Å². The SMILES string of the molecule is CCCC(=O)N(C)C(c1ccccc1)c1ccccn1. The van der Waals surface area contributed by atoms with E-state index in [1.165, 1.54) is 0 Å². The van der Waals surface area contributed by atoms with Crippen molar-refractivity contribution in [3.05, 3.63) is 66.0 Å². The van der Waals surface area contributed by atoms with Crippen LogP contribution in [0.25, 0.3) is 0 Å². The first-order valence-electron chi connectivity index (χ1n) is 6.95. The maximum Gasteiger partial charge on any atom is 0.223 e. The van der Waals surface area contributed by atoms with Crippen molar-refractivity contribution in [3.63, 3.8) is 0 Å². The Morgan fingerprint density at radius 3 is 2.45 bits per heavy atom. The van der Waals surface area contributed by atoms with Gasteiger partial charge >= 0.3 is 0 Å². The molecule has 1 aromatic carbocycles. The van der Waals surface area contributed by atoms with Gasteiger partial charge in [0.15, 0.2) is 0 Å². The summed E-state index contributed by atoms with van der Waals surface area (Å²) in [5.74, 6) is 0.145. The zero-order valence-corrected chi connectivity index (χ0v) is 12.0. The van der Waals surface area contributed by atoms with E-state index in [9.17, 15) is 4.79 Å². The molecule has 0 fully saturated rings. The Balaban J connectivity index is 2.37. The monoisotopic (exact) mass is 268 g/mol. The van der Waals surface area contributed by atoms with Crippen LogP contribution in [-0.2, 0) is 4.79 Å². The summed E-state index contributed by atoms with van der Waals surface area (Å²) in [6.07, 6.45) is 3.18. The highest BCUT2D eigenvalue weighted by molar-refractivity contribution is 5.76. The molecule has 1 unspecified atom stereocenters. The van der Waals surface area contributed by atoms with Crippen molar-refractivity contribution < 1.29 is 4.79 Å². The lowest BCUT2D eigenvalue weighted by molar-refractivity contribution is -0.131. The lowest BCUT2D eigenvalue weighted by Crippen LogP contribution is -2.32. The van der Waals surface area contributed by atoms with Gasteiger partial charge < -0.3 is 4.90 Å². The van der Waals surface area contributed by atoms with Gasteiger partial charge in [-0.25, -0.2) is 0 Å². The second-order valence-corrected chi connectivity index (χ2v) is 4.82. The fraction of sp³-hybridized carbons (Fsp3) is 0.294. The Labute approximate surface area is 120 Å². The molecule has 1 aromatic heterocycles. The van der Waals surface area contributed by atoms with E-state index in [4.69, 9.17) is 0 Å². The minimum absolute atomic E-state index is 0.128. The van der Waals surface area contributed by atoms with E-state index in [0.717, 1.165) is 17.7 Å². The minimum Gasteiger partial charge on any atom is -0.333 e. The molecule has 1 heterocycles. The summed E-state index contributed by atoms with van der Waals surface area (Å²) in [5.41, 5.74) is 1.98. The van der Waals surface area contributed by atoms with Crippen LogP contribution in [0.4, 0.5) is 0 Å². The van der Waals surface area contributed by atoms with Crippen molar-refractivity contribution in [1.29, 1.82) is 0 Å². The van der Waals surface area contributed by atoms with E-state index < -0.39 is 0 Å². The largest absolute Gasteiger partial charge is 0.333 e. The zero-order valence-electron chi connectivity index (χ0n) is 12.0. The van der Waals surface area contributed by atoms with Gasteiger partial charge in [-0.05, 0) is 24.1 Å². The Kier molecular flexibility index (Phi) is 4.88. The Hall–Kier alpha value is -2.16. The van der Waals surface area contributed by atoms with E-state index in [2.05, 4.69) is 4.98 Å². The fourth-order valence-electron chi connectivity index (χ4n) is 2.30. The summed E-state index contributed by atoms with van der Waals surface area (Å²) >= 11 is 0. The first kappa shape index (κ1) is 14.3. The average Bonchev–Trinajstić information content (AvgIpc) is 2.50. The molecule has 3 nitrogen and oxygen atoms in total. The molecule has 104 valence electrons. The maximum absolute atomic E-state index is 12.2. The summed E-state index contributed by atoms with van der Waals surface area (Å²) in [6, 6.07) is 15.7. The molecule has 0 spiro atoms. The number of carbonyl (C=O) groups excluding carboxylic acids is 1. The summed E-state index contributed by atoms with van der Waals surface area (Å²) in [4.78, 5) is 18.4. The van der Waals surface area contributed by atoms with Crippen LogP contribution < -0.4 is 0 Å². The van der Waals surface area contributed by atoms with Crippen molar-refractivity contribution >= 4 is 5.91 Å². The van der Waals surface area contributed by atoms with Gasteiger partial charge in [0.05, 0.1) is 11.7 Å². The van der Waals surface area contributed by atoms with Crippen LogP contribution in [0, 0.1) is 0 Å². The van der Waals surface area contributed by atoms with E-state index in [1.807, 2.05) is 62.5 Å². The van der Waals surface area contributed by atoms with Crippen LogP contribution in [0.2, 0.25) is 0 Å². The number of amides is 1. The van der Waals surface area contributed by atoms with E-state index in [1.54, 1.807) is 11.1 Å². The number of pyridine rings is 1. The topological polar surface area (TPSA) is 33.2 Å². The molecule has 3 heteroatoms. The fourth-order valence-corrected chi connectivity index (χ4v) is 2.30. The lowest BCUT2D eigenvalue weighted by Gasteiger charge is -2.28. The summed E-state index contributed by atoms with van der Waals surface area (Å²) in [6.45, 7) is 2.02. The van der Waals surface area contributed by atoms with Crippen molar-refractivity contribution in [2.75, 3.05) is 7.05 Å². The molecule has 20 heavy (non-hydrogen) atoms. The second kappa shape index (κ2) is 6.85. The molecule has 1 amide bonds. The Bertz CT molecular complexity index is 500. The van der Waals surface area contributed by atoms with Gasteiger partial charge in [0.25, 0.3) is 0 Å². The zero-order chi connectivity index (χ0) is 14.4. The third-order valence-electron chi connectivity index (χ3n) is 3.33. The van der Waals surface area contributed by atoms with Gasteiger partial charge in [-0.1, -0.05) is 43.3 Å². The van der Waals surface area contributed by atoms with Gasteiger partial charge in [0, 0.05) is 19.7 Å². The normalized spacial score (nSPS) is 11.9. The molecule has 2 aromatic rings. The number of benzene rings is 1. The van der Waals surface area contributed by atoms with Crippen LogP contribution in [0.15, 0.2) is 54.7 Å². The highest BCUT2D eigenvalue weighted by Crippen LogP contribution is 2.26. The van der Waals surface area contributed by atoms with Crippen LogP contribution in [0.5, 0.6) is 0 Å². The molecule has 0 aliphatic carbocycles. The van der Waals surface area contributed by atoms with Crippen LogP contribution in [0.3, 0.4) is 0 Å². The quantitative estimate of drug-likeness (QED) is 0.832. The van der Waals surface area contributed by atoms with Gasteiger partial charge in [-0.15, -0.1) is 0 Å². The third kappa shape index (κ3) is 3.23.